The molecule has 0 saturated carbocycles. The fraction of sp³-hybridized carbons (Fsp3) is 0.308. The van der Waals surface area contributed by atoms with E-state index in [2.05, 4.69) is 9.97 Å². The predicted octanol–water partition coefficient (Wildman–Crippen LogP) is 0.447. The number of amides is 1. The summed E-state index contributed by atoms with van der Waals surface area (Å²) in [5.41, 5.74) is 0.412. The molecule has 0 radical (unpaired) electrons. The molecule has 1 heterocycles. The number of para-hydroxylation sites is 1. The van der Waals surface area contributed by atoms with Crippen molar-refractivity contribution < 1.29 is 4.79 Å². The Labute approximate surface area is 110 Å². The summed E-state index contributed by atoms with van der Waals surface area (Å²) < 4.78 is 0. The number of nitrogens with zero attached hydrogens (tertiary/aromatic N) is 3. The van der Waals surface area contributed by atoms with Crippen LogP contribution in [0.25, 0.3) is 10.9 Å². The molecule has 0 unspecified atom stereocenters. The highest BCUT2D eigenvalue weighted by atomic mass is 16.2. The van der Waals surface area contributed by atoms with E-state index >= 15 is 0 Å². The van der Waals surface area contributed by atoms with Gasteiger partial charge in [0.25, 0.3) is 5.56 Å². The Kier molecular flexibility index (Phi) is 3.50. The summed E-state index contributed by atoms with van der Waals surface area (Å²) in [4.78, 5) is 33.7. The number of rotatable bonds is 3. The molecule has 1 amide bonds. The zero-order chi connectivity index (χ0) is 14.0. The summed E-state index contributed by atoms with van der Waals surface area (Å²) in [5.74, 6) is 0.331. The van der Waals surface area contributed by atoms with Gasteiger partial charge < -0.3 is 9.80 Å². The first-order chi connectivity index (χ1) is 8.99. The van der Waals surface area contributed by atoms with E-state index < -0.39 is 0 Å². The number of H-pyrrole nitrogens is 1. The van der Waals surface area contributed by atoms with Crippen molar-refractivity contribution in [3.05, 3.63) is 34.6 Å². The largest absolute Gasteiger partial charge is 0.347 e. The van der Waals surface area contributed by atoms with Gasteiger partial charge in [-0.3, -0.25) is 14.6 Å². The minimum atomic E-state index is -0.204. The van der Waals surface area contributed by atoms with Crippen molar-refractivity contribution in [2.45, 2.75) is 0 Å². The number of nitrogens with one attached hydrogen (secondary N) is 1. The molecule has 0 saturated heterocycles. The van der Waals surface area contributed by atoms with Crippen LogP contribution in [0.2, 0.25) is 0 Å². The molecule has 0 bridgehead atoms. The molecule has 1 aromatic heterocycles. The number of aromatic amines is 1. The third-order valence-electron chi connectivity index (χ3n) is 2.83. The Bertz CT molecular complexity index is 663. The van der Waals surface area contributed by atoms with Gasteiger partial charge in [0.1, 0.15) is 0 Å². The van der Waals surface area contributed by atoms with E-state index in [1.807, 2.05) is 6.07 Å². The maximum absolute atomic E-state index is 11.9. The molecule has 6 heteroatoms. The zero-order valence-corrected chi connectivity index (χ0v) is 11.2. The Hall–Kier alpha value is -2.37. The second kappa shape index (κ2) is 5.09. The molecule has 1 aromatic carbocycles. The van der Waals surface area contributed by atoms with Crippen molar-refractivity contribution in [2.75, 3.05) is 32.6 Å². The summed E-state index contributed by atoms with van der Waals surface area (Å²) in [5, 5.41) is 0.540. The summed E-state index contributed by atoms with van der Waals surface area (Å²) in [6.07, 6.45) is 0. The zero-order valence-electron chi connectivity index (χ0n) is 11.2. The second-order valence-corrected chi connectivity index (χ2v) is 4.55. The first-order valence-electron chi connectivity index (χ1n) is 5.89. The molecule has 19 heavy (non-hydrogen) atoms. The number of likely N-dealkylation sites (N-methyl/N-ethyl adjacent to an activating group) is 2. The van der Waals surface area contributed by atoms with Gasteiger partial charge in [0.05, 0.1) is 17.4 Å². The lowest BCUT2D eigenvalue weighted by Gasteiger charge is -2.19. The van der Waals surface area contributed by atoms with E-state index in [0.29, 0.717) is 16.9 Å². The minimum absolute atomic E-state index is 0.0571. The molecular weight excluding hydrogens is 244 g/mol. The Morgan fingerprint density at radius 1 is 1.26 bits per heavy atom. The van der Waals surface area contributed by atoms with Crippen LogP contribution in [0, 0.1) is 0 Å². The third-order valence-corrected chi connectivity index (χ3v) is 2.83. The summed E-state index contributed by atoms with van der Waals surface area (Å²) in [6.45, 7) is 0.161. The lowest BCUT2D eigenvalue weighted by atomic mass is 10.2. The van der Waals surface area contributed by atoms with Crippen molar-refractivity contribution >= 4 is 22.8 Å². The van der Waals surface area contributed by atoms with Crippen LogP contribution in [0.3, 0.4) is 0 Å². The fourth-order valence-electron chi connectivity index (χ4n) is 1.67. The Morgan fingerprint density at radius 2 is 1.95 bits per heavy atom. The molecule has 0 aliphatic carbocycles. The van der Waals surface area contributed by atoms with E-state index in [1.54, 1.807) is 44.2 Å². The average Bonchev–Trinajstić information content (AvgIpc) is 2.38. The van der Waals surface area contributed by atoms with E-state index in [-0.39, 0.29) is 18.0 Å². The van der Waals surface area contributed by atoms with Crippen LogP contribution in [0.4, 0.5) is 5.95 Å². The van der Waals surface area contributed by atoms with E-state index in [1.165, 1.54) is 4.90 Å². The van der Waals surface area contributed by atoms with Gasteiger partial charge >= 0.3 is 0 Å². The molecule has 0 aliphatic heterocycles. The number of aromatic nitrogens is 2. The molecule has 0 atom stereocenters. The summed E-state index contributed by atoms with van der Waals surface area (Å²) in [6, 6.07) is 7.10. The van der Waals surface area contributed by atoms with Crippen LogP contribution >= 0.6 is 0 Å². The monoisotopic (exact) mass is 260 g/mol. The lowest BCUT2D eigenvalue weighted by molar-refractivity contribution is -0.127. The van der Waals surface area contributed by atoms with Crippen molar-refractivity contribution in [2.24, 2.45) is 0 Å². The molecule has 2 aromatic rings. The highest BCUT2D eigenvalue weighted by molar-refractivity contribution is 5.81. The number of benzene rings is 1. The lowest BCUT2D eigenvalue weighted by Crippen LogP contribution is -2.35. The number of hydrogen-bond acceptors (Lipinski definition) is 4. The van der Waals surface area contributed by atoms with Gasteiger partial charge in [0.15, 0.2) is 0 Å². The van der Waals surface area contributed by atoms with Crippen LogP contribution < -0.4 is 10.5 Å². The van der Waals surface area contributed by atoms with Crippen LogP contribution in [0.15, 0.2) is 29.1 Å². The van der Waals surface area contributed by atoms with Crippen molar-refractivity contribution in [1.82, 2.24) is 14.9 Å². The van der Waals surface area contributed by atoms with Gasteiger partial charge in [-0.15, -0.1) is 0 Å². The number of carbonyl (C=O) groups excluding carboxylic acids is 1. The number of anilines is 1. The quantitative estimate of drug-likeness (QED) is 0.869. The van der Waals surface area contributed by atoms with Crippen LogP contribution in [0.5, 0.6) is 0 Å². The Morgan fingerprint density at radius 3 is 2.63 bits per heavy atom. The van der Waals surface area contributed by atoms with Crippen LogP contribution in [-0.4, -0.2) is 48.5 Å². The van der Waals surface area contributed by atoms with Gasteiger partial charge in [-0.05, 0) is 12.1 Å². The molecule has 0 spiro atoms. The van der Waals surface area contributed by atoms with Crippen LogP contribution in [-0.2, 0) is 4.79 Å². The molecular formula is C13H16N4O2. The number of fused-ring (bicyclic) bond motifs is 1. The first kappa shape index (κ1) is 13.1. The third kappa shape index (κ3) is 2.73. The summed E-state index contributed by atoms with van der Waals surface area (Å²) in [7, 11) is 5.09. The molecule has 100 valence electrons. The van der Waals surface area contributed by atoms with Crippen LogP contribution in [0.1, 0.15) is 0 Å². The maximum atomic E-state index is 11.9. The molecule has 1 N–H and O–H groups in total. The fourth-order valence-corrected chi connectivity index (χ4v) is 1.67. The Balaban J connectivity index is 2.35. The second-order valence-electron chi connectivity index (χ2n) is 4.55. The molecule has 0 fully saturated rings. The number of hydrogen-bond donors (Lipinski definition) is 1. The van der Waals surface area contributed by atoms with Gasteiger partial charge in [0, 0.05) is 21.1 Å². The van der Waals surface area contributed by atoms with E-state index in [9.17, 15) is 9.59 Å². The smallest absolute Gasteiger partial charge is 0.260 e. The first-order valence-corrected chi connectivity index (χ1v) is 5.89. The van der Waals surface area contributed by atoms with Gasteiger partial charge in [-0.2, -0.15) is 0 Å². The molecule has 0 aliphatic rings. The highest BCUT2D eigenvalue weighted by Crippen LogP contribution is 2.10. The van der Waals surface area contributed by atoms with Gasteiger partial charge in [-0.25, -0.2) is 4.98 Å². The molecule has 2 rings (SSSR count). The standard InChI is InChI=1S/C13H16N4O2/c1-16(2)11(18)8-17(3)13-14-10-7-5-4-6-9(10)12(19)15-13/h4-7H,8H2,1-3H3,(H,14,15,19). The SMILES string of the molecule is CN(C)C(=O)CN(C)c1nc2ccccc2c(=O)[nH]1. The van der Waals surface area contributed by atoms with E-state index in [4.69, 9.17) is 0 Å². The normalized spacial score (nSPS) is 10.5. The predicted molar refractivity (Wildman–Crippen MR) is 74.3 cm³/mol. The summed E-state index contributed by atoms with van der Waals surface area (Å²) >= 11 is 0. The maximum Gasteiger partial charge on any atom is 0.260 e. The van der Waals surface area contributed by atoms with E-state index in [0.717, 1.165) is 0 Å². The van der Waals surface area contributed by atoms with Gasteiger partial charge in [0.2, 0.25) is 11.9 Å². The van der Waals surface area contributed by atoms with Gasteiger partial charge in [-0.1, -0.05) is 12.1 Å². The highest BCUT2D eigenvalue weighted by Gasteiger charge is 2.12. The van der Waals surface area contributed by atoms with Crippen molar-refractivity contribution in [1.29, 1.82) is 0 Å². The van der Waals surface area contributed by atoms with Crippen molar-refractivity contribution in [3.63, 3.8) is 0 Å². The minimum Gasteiger partial charge on any atom is -0.347 e. The number of carbonyl (C=O) groups is 1. The van der Waals surface area contributed by atoms with Crippen molar-refractivity contribution in [3.8, 4) is 0 Å². The topological polar surface area (TPSA) is 69.3 Å². The average molecular weight is 260 g/mol. The molecule has 6 nitrogen and oxygen atoms in total.